The van der Waals surface area contributed by atoms with E-state index in [2.05, 4.69) is 26.0 Å². The first-order valence-corrected chi connectivity index (χ1v) is 10.8. The third-order valence-electron chi connectivity index (χ3n) is 6.04. The van der Waals surface area contributed by atoms with Crippen LogP contribution in [0.1, 0.15) is 41.0 Å². The highest BCUT2D eigenvalue weighted by Crippen LogP contribution is 2.27. The first-order valence-electron chi connectivity index (χ1n) is 10.8. The van der Waals surface area contributed by atoms with Crippen LogP contribution in [0.15, 0.2) is 66.7 Å². The fourth-order valence-corrected chi connectivity index (χ4v) is 4.11. The van der Waals surface area contributed by atoms with Crippen LogP contribution in [0.25, 0.3) is 11.0 Å². The molecule has 0 saturated carbocycles. The molecule has 0 N–H and O–H groups in total. The summed E-state index contributed by atoms with van der Waals surface area (Å²) in [6.07, 6.45) is 0.521. The number of benzene rings is 3. The maximum absolute atomic E-state index is 13.4. The average Bonchev–Trinajstić information content (AvgIpc) is 3.11. The number of hydrogen-bond acceptors (Lipinski definition) is 2. The molecule has 0 saturated heterocycles. The van der Waals surface area contributed by atoms with Gasteiger partial charge in [-0.1, -0.05) is 42.5 Å². The number of carbonyl (C=O) groups is 1. The molecule has 4 nitrogen and oxygen atoms in total. The van der Waals surface area contributed by atoms with E-state index in [9.17, 15) is 9.18 Å². The third-order valence-corrected chi connectivity index (χ3v) is 6.04. The average molecular weight is 430 g/mol. The van der Waals surface area contributed by atoms with Gasteiger partial charge in [-0.2, -0.15) is 0 Å². The number of imidazole rings is 1. The lowest BCUT2D eigenvalue weighted by atomic mass is 10.1. The van der Waals surface area contributed by atoms with E-state index >= 15 is 0 Å². The summed E-state index contributed by atoms with van der Waals surface area (Å²) >= 11 is 0. The number of likely N-dealkylation sites (N-methyl/N-ethyl adjacent to an activating group) is 1. The van der Waals surface area contributed by atoms with Crippen molar-refractivity contribution in [1.29, 1.82) is 0 Å². The maximum Gasteiger partial charge on any atom is 0.245 e. The number of carbonyl (C=O) groups excluding carboxylic acids is 1. The Morgan fingerprint density at radius 2 is 1.66 bits per heavy atom. The summed E-state index contributed by atoms with van der Waals surface area (Å²) in [5.41, 5.74) is 6.17. The third kappa shape index (κ3) is 4.42. The van der Waals surface area contributed by atoms with Crippen molar-refractivity contribution in [2.24, 2.45) is 0 Å². The van der Waals surface area contributed by atoms with E-state index < -0.39 is 6.04 Å². The molecular formula is C27H28FN3O. The normalized spacial score (nSPS) is 12.2. The lowest BCUT2D eigenvalue weighted by Gasteiger charge is -2.24. The van der Waals surface area contributed by atoms with E-state index in [1.807, 2.05) is 48.9 Å². The van der Waals surface area contributed by atoms with E-state index in [1.54, 1.807) is 17.0 Å². The van der Waals surface area contributed by atoms with Crippen LogP contribution in [0.2, 0.25) is 0 Å². The highest BCUT2D eigenvalue weighted by molar-refractivity contribution is 5.85. The topological polar surface area (TPSA) is 38.1 Å². The second-order valence-corrected chi connectivity index (χ2v) is 8.48. The van der Waals surface area contributed by atoms with E-state index in [0.29, 0.717) is 13.0 Å². The Labute approximate surface area is 188 Å². The van der Waals surface area contributed by atoms with Crippen LogP contribution in [0.5, 0.6) is 0 Å². The minimum absolute atomic E-state index is 0.0201. The van der Waals surface area contributed by atoms with Gasteiger partial charge < -0.3 is 9.47 Å². The van der Waals surface area contributed by atoms with Crippen molar-refractivity contribution in [2.75, 3.05) is 7.05 Å². The molecule has 32 heavy (non-hydrogen) atoms. The number of rotatable bonds is 6. The summed E-state index contributed by atoms with van der Waals surface area (Å²) in [6.45, 7) is 6.60. The Balaban J connectivity index is 1.72. The Bertz CT molecular complexity index is 1250. The number of aromatic nitrogens is 2. The molecule has 0 bridgehead atoms. The fraction of sp³-hybridized carbons (Fsp3) is 0.259. The molecule has 1 atom stereocenters. The van der Waals surface area contributed by atoms with E-state index in [4.69, 9.17) is 4.98 Å². The molecule has 0 fully saturated rings. The molecule has 164 valence electrons. The van der Waals surface area contributed by atoms with Gasteiger partial charge in [0.15, 0.2) is 0 Å². The van der Waals surface area contributed by atoms with E-state index in [1.165, 1.54) is 12.1 Å². The summed E-state index contributed by atoms with van der Waals surface area (Å²) < 4.78 is 15.4. The summed E-state index contributed by atoms with van der Waals surface area (Å²) in [4.78, 5) is 20.1. The molecule has 1 amide bonds. The van der Waals surface area contributed by atoms with Gasteiger partial charge in [0.05, 0.1) is 11.0 Å². The van der Waals surface area contributed by atoms with Gasteiger partial charge in [0.2, 0.25) is 5.91 Å². The van der Waals surface area contributed by atoms with Crippen LogP contribution in [0.4, 0.5) is 4.39 Å². The zero-order valence-electron chi connectivity index (χ0n) is 19.0. The van der Waals surface area contributed by atoms with Crippen LogP contribution in [-0.4, -0.2) is 27.4 Å². The monoisotopic (exact) mass is 429 g/mol. The Kier molecular flexibility index (Phi) is 6.08. The molecule has 3 aromatic carbocycles. The Morgan fingerprint density at radius 1 is 1.00 bits per heavy atom. The second kappa shape index (κ2) is 8.95. The SMILES string of the molecule is Cc1cc2nc(Cc3ccc(F)cc3)n([C@H](C)C(=O)N(C)Cc3ccccc3)c2cc1C. The predicted molar refractivity (Wildman–Crippen MR) is 126 cm³/mol. The van der Waals surface area contributed by atoms with Crippen molar-refractivity contribution in [3.05, 3.63) is 101 Å². The minimum Gasteiger partial charge on any atom is -0.340 e. The van der Waals surface area contributed by atoms with Crippen molar-refractivity contribution in [2.45, 2.75) is 39.8 Å². The number of amides is 1. The van der Waals surface area contributed by atoms with E-state index in [-0.39, 0.29) is 11.7 Å². The van der Waals surface area contributed by atoms with Crippen LogP contribution in [-0.2, 0) is 17.8 Å². The molecule has 0 radical (unpaired) electrons. The number of nitrogens with zero attached hydrogens (tertiary/aromatic N) is 3. The number of aryl methyl sites for hydroxylation is 2. The quantitative estimate of drug-likeness (QED) is 0.400. The van der Waals surface area contributed by atoms with Crippen molar-refractivity contribution in [1.82, 2.24) is 14.5 Å². The number of hydrogen-bond donors (Lipinski definition) is 0. The summed E-state index contributed by atoms with van der Waals surface area (Å²) in [5.74, 6) is 0.553. The Morgan fingerprint density at radius 3 is 2.34 bits per heavy atom. The summed E-state index contributed by atoms with van der Waals surface area (Å²) in [7, 11) is 1.83. The van der Waals surface area contributed by atoms with Gasteiger partial charge in [-0.25, -0.2) is 9.37 Å². The molecule has 0 spiro atoms. The molecule has 1 heterocycles. The first kappa shape index (κ1) is 21.8. The number of fused-ring (bicyclic) bond motifs is 1. The lowest BCUT2D eigenvalue weighted by Crippen LogP contribution is -2.33. The van der Waals surface area contributed by atoms with Crippen molar-refractivity contribution >= 4 is 16.9 Å². The minimum atomic E-state index is -0.425. The second-order valence-electron chi connectivity index (χ2n) is 8.48. The summed E-state index contributed by atoms with van der Waals surface area (Å²) in [5, 5.41) is 0. The fourth-order valence-electron chi connectivity index (χ4n) is 4.11. The Hall–Kier alpha value is -3.47. The maximum atomic E-state index is 13.4. The molecule has 0 aliphatic rings. The van der Waals surface area contributed by atoms with Gasteiger partial charge in [-0.15, -0.1) is 0 Å². The van der Waals surface area contributed by atoms with Gasteiger partial charge in [0, 0.05) is 20.0 Å². The molecule has 5 heteroatoms. The van der Waals surface area contributed by atoms with Gasteiger partial charge >= 0.3 is 0 Å². The van der Waals surface area contributed by atoms with Gasteiger partial charge in [-0.05, 0) is 67.3 Å². The molecule has 0 aliphatic carbocycles. The predicted octanol–water partition coefficient (Wildman–Crippen LogP) is 5.60. The molecule has 4 rings (SSSR count). The zero-order valence-corrected chi connectivity index (χ0v) is 19.0. The van der Waals surface area contributed by atoms with Crippen LogP contribution in [0.3, 0.4) is 0 Å². The van der Waals surface area contributed by atoms with Crippen molar-refractivity contribution in [3.8, 4) is 0 Å². The highest BCUT2D eigenvalue weighted by Gasteiger charge is 2.25. The molecule has 0 unspecified atom stereocenters. The molecule has 1 aromatic heterocycles. The van der Waals surface area contributed by atoms with Crippen LogP contribution >= 0.6 is 0 Å². The first-order chi connectivity index (χ1) is 15.3. The van der Waals surface area contributed by atoms with Crippen molar-refractivity contribution < 1.29 is 9.18 Å². The van der Waals surface area contributed by atoms with Gasteiger partial charge in [-0.3, -0.25) is 4.79 Å². The summed E-state index contributed by atoms with van der Waals surface area (Å²) in [6, 6.07) is 20.2. The molecular weight excluding hydrogens is 401 g/mol. The standard InChI is InChI=1S/C27H28FN3O/c1-18-14-24-25(15-19(18)2)31(26(29-24)16-21-10-12-23(28)13-11-21)20(3)27(32)30(4)17-22-8-6-5-7-9-22/h5-15,20H,16-17H2,1-4H3/t20-/m1/s1. The van der Waals surface area contributed by atoms with E-state index in [0.717, 1.165) is 39.1 Å². The molecule has 0 aliphatic heterocycles. The smallest absolute Gasteiger partial charge is 0.245 e. The number of halogens is 1. The van der Waals surface area contributed by atoms with Gasteiger partial charge in [0.25, 0.3) is 0 Å². The highest BCUT2D eigenvalue weighted by atomic mass is 19.1. The largest absolute Gasteiger partial charge is 0.340 e. The van der Waals surface area contributed by atoms with Crippen molar-refractivity contribution in [3.63, 3.8) is 0 Å². The molecule has 4 aromatic rings. The zero-order chi connectivity index (χ0) is 22.8. The van der Waals surface area contributed by atoms with Crippen LogP contribution < -0.4 is 0 Å². The lowest BCUT2D eigenvalue weighted by molar-refractivity contribution is -0.133. The van der Waals surface area contributed by atoms with Crippen LogP contribution in [0, 0.1) is 19.7 Å². The van der Waals surface area contributed by atoms with Gasteiger partial charge in [0.1, 0.15) is 17.7 Å².